The van der Waals surface area contributed by atoms with Gasteiger partial charge in [-0.3, -0.25) is 19.5 Å². The predicted octanol–water partition coefficient (Wildman–Crippen LogP) is 1.99. The molecule has 1 aliphatic heterocycles. The van der Waals surface area contributed by atoms with Gasteiger partial charge in [-0.05, 0) is 17.7 Å². The Hall–Kier alpha value is -3.42. The average molecular weight is 377 g/mol. The van der Waals surface area contributed by atoms with Crippen LogP contribution in [0.2, 0.25) is 0 Å². The first-order valence-corrected chi connectivity index (χ1v) is 9.18. The third-order valence-electron chi connectivity index (χ3n) is 5.20. The third-order valence-corrected chi connectivity index (χ3v) is 5.20. The van der Waals surface area contributed by atoms with Gasteiger partial charge in [-0.1, -0.05) is 6.07 Å². The second kappa shape index (κ2) is 6.95. The molecule has 28 heavy (non-hydrogen) atoms. The van der Waals surface area contributed by atoms with Crippen LogP contribution in [0.25, 0.3) is 22.2 Å². The highest BCUT2D eigenvalue weighted by molar-refractivity contribution is 6.04. The number of imidazole rings is 1. The quantitative estimate of drug-likeness (QED) is 0.539. The largest absolute Gasteiger partial charge is 0.391 e. The molecule has 8 heteroatoms. The van der Waals surface area contributed by atoms with Gasteiger partial charge in [0.25, 0.3) is 0 Å². The van der Waals surface area contributed by atoms with Gasteiger partial charge in [-0.15, -0.1) is 0 Å². The molecule has 144 valence electrons. The van der Waals surface area contributed by atoms with Crippen molar-refractivity contribution < 1.29 is 4.79 Å². The number of rotatable bonds is 3. The van der Waals surface area contributed by atoms with Crippen molar-refractivity contribution in [3.8, 4) is 11.1 Å². The summed E-state index contributed by atoms with van der Waals surface area (Å²) in [6.07, 6.45) is 6.17. The van der Waals surface area contributed by atoms with E-state index in [4.69, 9.17) is 5.41 Å². The molecule has 0 unspecified atom stereocenters. The summed E-state index contributed by atoms with van der Waals surface area (Å²) in [6.45, 7) is 2.66. The fraction of sp³-hybridized carbons (Fsp3) is 0.300. The summed E-state index contributed by atoms with van der Waals surface area (Å²) in [6, 6.07) is 6.00. The number of nitrogens with one attached hydrogen (secondary N) is 2. The highest BCUT2D eigenvalue weighted by Gasteiger charge is 2.24. The Labute approximate surface area is 163 Å². The zero-order valence-corrected chi connectivity index (χ0v) is 16.2. The highest BCUT2D eigenvalue weighted by Crippen LogP contribution is 2.25. The Morgan fingerprint density at radius 3 is 2.79 bits per heavy atom. The Morgan fingerprint density at radius 1 is 1.29 bits per heavy atom. The first-order chi connectivity index (χ1) is 13.5. The molecular weight excluding hydrogens is 354 g/mol. The number of carbonyl (C=O) groups is 1. The minimum Gasteiger partial charge on any atom is -0.391 e. The summed E-state index contributed by atoms with van der Waals surface area (Å²) >= 11 is 0. The molecule has 3 aromatic rings. The summed E-state index contributed by atoms with van der Waals surface area (Å²) in [7, 11) is 3.75. The molecule has 1 aromatic carbocycles. The molecule has 0 fully saturated rings. The maximum Gasteiger partial charge on any atom is 0.219 e. The zero-order valence-electron chi connectivity index (χ0n) is 16.2. The van der Waals surface area contributed by atoms with Crippen molar-refractivity contribution >= 4 is 22.8 Å². The van der Waals surface area contributed by atoms with Gasteiger partial charge in [0, 0.05) is 57.0 Å². The van der Waals surface area contributed by atoms with E-state index in [1.165, 1.54) is 0 Å². The van der Waals surface area contributed by atoms with Crippen LogP contribution in [0.3, 0.4) is 0 Å². The predicted molar refractivity (Wildman–Crippen MR) is 108 cm³/mol. The zero-order chi connectivity index (χ0) is 19.8. The summed E-state index contributed by atoms with van der Waals surface area (Å²) < 4.78 is 3.54. The van der Waals surface area contributed by atoms with Gasteiger partial charge >= 0.3 is 0 Å². The summed E-state index contributed by atoms with van der Waals surface area (Å²) in [5, 5.41) is 16.2. The standard InChI is InChI=1S/C20H23N7O/c1-13(28)26-7-6-17(22-2)16(11-26)20(21)27-12-23-18-8-14(4-5-19(18)27)15-9-24-25(3)10-15/h4-5,8-10,12,21-22H,6-7,11H2,1-3H3. The van der Waals surface area contributed by atoms with Crippen molar-refractivity contribution in [2.45, 2.75) is 13.3 Å². The van der Waals surface area contributed by atoms with E-state index >= 15 is 0 Å². The Morgan fingerprint density at radius 2 is 2.11 bits per heavy atom. The van der Waals surface area contributed by atoms with Crippen molar-refractivity contribution in [3.63, 3.8) is 0 Å². The van der Waals surface area contributed by atoms with Crippen LogP contribution in [0.1, 0.15) is 13.3 Å². The third kappa shape index (κ3) is 3.06. The number of amides is 1. The Kier molecular flexibility index (Phi) is 4.46. The molecule has 0 spiro atoms. The summed E-state index contributed by atoms with van der Waals surface area (Å²) in [5.74, 6) is 0.365. The lowest BCUT2D eigenvalue weighted by molar-refractivity contribution is -0.128. The second-order valence-electron chi connectivity index (χ2n) is 6.97. The SMILES string of the molecule is CNC1=C(C(=N)n2cnc3cc(-c4cnn(C)c4)ccc32)CN(C(C)=O)CC1. The lowest BCUT2D eigenvalue weighted by atomic mass is 10.0. The second-order valence-corrected chi connectivity index (χ2v) is 6.97. The van der Waals surface area contributed by atoms with Crippen LogP contribution >= 0.6 is 0 Å². The minimum atomic E-state index is 0.0251. The molecule has 0 aliphatic carbocycles. The molecule has 3 heterocycles. The molecular formula is C20H23N7O. The van der Waals surface area contributed by atoms with Crippen LogP contribution in [0, 0.1) is 5.41 Å². The molecule has 1 aliphatic rings. The van der Waals surface area contributed by atoms with E-state index in [2.05, 4.69) is 15.4 Å². The van der Waals surface area contributed by atoms with E-state index in [0.29, 0.717) is 25.3 Å². The van der Waals surface area contributed by atoms with E-state index < -0.39 is 0 Å². The van der Waals surface area contributed by atoms with Crippen LogP contribution < -0.4 is 5.32 Å². The normalized spacial score (nSPS) is 14.6. The number of fused-ring (bicyclic) bond motifs is 1. The number of nitrogens with zero attached hydrogens (tertiary/aromatic N) is 5. The van der Waals surface area contributed by atoms with E-state index in [1.807, 2.05) is 44.7 Å². The van der Waals surface area contributed by atoms with E-state index in [9.17, 15) is 4.79 Å². The molecule has 0 saturated heterocycles. The van der Waals surface area contributed by atoms with Crippen molar-refractivity contribution in [1.29, 1.82) is 5.41 Å². The maximum absolute atomic E-state index is 11.8. The topological polar surface area (TPSA) is 91.8 Å². The molecule has 0 bridgehead atoms. The molecule has 4 rings (SSSR count). The molecule has 2 N–H and O–H groups in total. The molecule has 0 saturated carbocycles. The minimum absolute atomic E-state index is 0.0251. The number of hydrogen-bond acceptors (Lipinski definition) is 5. The molecule has 2 aromatic heterocycles. The van der Waals surface area contributed by atoms with Gasteiger partial charge in [0.05, 0.1) is 23.8 Å². The summed E-state index contributed by atoms with van der Waals surface area (Å²) in [5.41, 5.74) is 5.56. The first kappa shape index (κ1) is 18.0. The van der Waals surface area contributed by atoms with Gasteiger partial charge in [-0.2, -0.15) is 5.10 Å². The number of aryl methyl sites for hydroxylation is 1. The fourth-order valence-electron chi connectivity index (χ4n) is 3.61. The Balaban J connectivity index is 1.71. The molecule has 0 atom stereocenters. The number of benzene rings is 1. The van der Waals surface area contributed by atoms with Gasteiger partial charge in [0.15, 0.2) is 0 Å². The fourth-order valence-corrected chi connectivity index (χ4v) is 3.61. The lowest BCUT2D eigenvalue weighted by Gasteiger charge is -2.30. The number of aromatic nitrogens is 4. The average Bonchev–Trinajstić information content (AvgIpc) is 3.32. The van der Waals surface area contributed by atoms with E-state index in [0.717, 1.165) is 33.4 Å². The smallest absolute Gasteiger partial charge is 0.219 e. The highest BCUT2D eigenvalue weighted by atomic mass is 16.2. The van der Waals surface area contributed by atoms with Crippen molar-refractivity contribution in [2.75, 3.05) is 20.1 Å². The van der Waals surface area contributed by atoms with Gasteiger partial charge in [0.2, 0.25) is 5.91 Å². The van der Waals surface area contributed by atoms with Crippen LogP contribution in [0.5, 0.6) is 0 Å². The van der Waals surface area contributed by atoms with Crippen molar-refractivity contribution in [3.05, 3.63) is 48.2 Å². The van der Waals surface area contributed by atoms with E-state index in [1.54, 1.807) is 27.4 Å². The maximum atomic E-state index is 11.8. The first-order valence-electron chi connectivity index (χ1n) is 9.18. The van der Waals surface area contributed by atoms with Gasteiger partial charge in [0.1, 0.15) is 12.2 Å². The van der Waals surface area contributed by atoms with Gasteiger partial charge in [-0.25, -0.2) is 4.98 Å². The van der Waals surface area contributed by atoms with Crippen LogP contribution in [0.4, 0.5) is 0 Å². The molecule has 0 radical (unpaired) electrons. The number of hydrogen-bond donors (Lipinski definition) is 2. The van der Waals surface area contributed by atoms with Crippen molar-refractivity contribution in [2.24, 2.45) is 7.05 Å². The number of carbonyl (C=O) groups excluding carboxylic acids is 1. The lowest BCUT2D eigenvalue weighted by Crippen LogP contribution is -2.40. The summed E-state index contributed by atoms with van der Waals surface area (Å²) in [4.78, 5) is 18.1. The molecule has 1 amide bonds. The van der Waals surface area contributed by atoms with Crippen molar-refractivity contribution in [1.82, 2.24) is 29.5 Å². The molecule has 8 nitrogen and oxygen atoms in total. The van der Waals surface area contributed by atoms with Crippen LogP contribution in [-0.2, 0) is 11.8 Å². The monoisotopic (exact) mass is 377 g/mol. The van der Waals surface area contributed by atoms with Crippen LogP contribution in [-0.4, -0.2) is 56.1 Å². The van der Waals surface area contributed by atoms with E-state index in [-0.39, 0.29) is 5.91 Å². The Bertz CT molecular complexity index is 1100. The van der Waals surface area contributed by atoms with Gasteiger partial charge < -0.3 is 10.2 Å². The van der Waals surface area contributed by atoms with Crippen LogP contribution in [0.15, 0.2) is 48.2 Å².